The molecule has 3 aliphatic heterocycles. The first-order chi connectivity index (χ1) is 12.7. The largest absolute Gasteiger partial charge is 0.356 e. The van der Waals surface area contributed by atoms with Crippen LogP contribution in [-0.2, 0) is 16.0 Å². The molecule has 0 aliphatic carbocycles. The Labute approximate surface area is 167 Å². The Morgan fingerprint density at radius 3 is 2.67 bits per heavy atom. The molecule has 2 bridgehead atoms. The van der Waals surface area contributed by atoms with Crippen molar-refractivity contribution in [3.8, 4) is 0 Å². The molecular weight excluding hydrogens is 362 g/mol. The number of nitrogens with one attached hydrogen (secondary N) is 2. The predicted octanol–water partition coefficient (Wildman–Crippen LogP) is 2.81. The van der Waals surface area contributed by atoms with E-state index < -0.39 is 0 Å². The summed E-state index contributed by atoms with van der Waals surface area (Å²) in [6.07, 6.45) is 7.59. The molecule has 5 nitrogen and oxygen atoms in total. The van der Waals surface area contributed by atoms with Crippen LogP contribution in [0.1, 0.15) is 50.5 Å². The summed E-state index contributed by atoms with van der Waals surface area (Å²) >= 11 is 0. The third kappa shape index (κ3) is 4.82. The molecule has 2 atom stereocenters. The highest BCUT2D eigenvalue weighted by atomic mass is 35.5. The lowest BCUT2D eigenvalue weighted by molar-refractivity contribution is -0.123. The Balaban J connectivity index is 0.00000210. The van der Waals surface area contributed by atoms with Crippen LogP contribution in [0.3, 0.4) is 0 Å². The first-order valence-corrected chi connectivity index (χ1v) is 10.1. The van der Waals surface area contributed by atoms with E-state index in [1.807, 2.05) is 23.1 Å². The number of carbonyl (C=O) groups excluding carboxylic acids is 2. The molecule has 2 N–H and O–H groups in total. The standard InChI is InChI=1S/C21H29N3O2.ClH/c25-20(14-15-12-17-7-8-18(13-15)23-17)22-10-3-6-21(26)24-11-9-16-4-1-2-5-19(16)24;/h1-2,4-5,15,17-18,23H,3,6-14H2,(H,22,25);1H. The molecule has 1 aromatic rings. The average Bonchev–Trinajstić information content (AvgIpc) is 3.21. The zero-order valence-electron chi connectivity index (χ0n) is 15.8. The molecule has 3 heterocycles. The molecule has 6 heteroatoms. The van der Waals surface area contributed by atoms with Gasteiger partial charge in [-0.3, -0.25) is 9.59 Å². The van der Waals surface area contributed by atoms with Crippen LogP contribution in [0.15, 0.2) is 24.3 Å². The molecule has 2 unspecified atom stereocenters. The van der Waals surface area contributed by atoms with E-state index in [0.29, 0.717) is 43.8 Å². The number of amides is 2. The van der Waals surface area contributed by atoms with Crippen molar-refractivity contribution in [3.63, 3.8) is 0 Å². The number of para-hydroxylation sites is 1. The van der Waals surface area contributed by atoms with E-state index in [2.05, 4.69) is 16.7 Å². The number of hydrogen-bond acceptors (Lipinski definition) is 3. The van der Waals surface area contributed by atoms with Crippen molar-refractivity contribution in [2.45, 2.75) is 63.5 Å². The van der Waals surface area contributed by atoms with Gasteiger partial charge in [0, 0.05) is 43.7 Å². The molecule has 1 aromatic carbocycles. The highest BCUT2D eigenvalue weighted by molar-refractivity contribution is 5.95. The smallest absolute Gasteiger partial charge is 0.227 e. The lowest BCUT2D eigenvalue weighted by Gasteiger charge is -2.28. The van der Waals surface area contributed by atoms with Crippen LogP contribution in [0, 0.1) is 5.92 Å². The first-order valence-electron chi connectivity index (χ1n) is 10.1. The van der Waals surface area contributed by atoms with Crippen molar-refractivity contribution >= 4 is 29.9 Å². The normalized spacial score (nSPS) is 25.6. The van der Waals surface area contributed by atoms with Gasteiger partial charge >= 0.3 is 0 Å². The van der Waals surface area contributed by atoms with Crippen LogP contribution in [0.2, 0.25) is 0 Å². The maximum absolute atomic E-state index is 12.5. The minimum absolute atomic E-state index is 0. The van der Waals surface area contributed by atoms with Gasteiger partial charge in [-0.1, -0.05) is 18.2 Å². The maximum atomic E-state index is 12.5. The SMILES string of the molecule is Cl.O=C(CC1CC2CCC(C1)N2)NCCCC(=O)N1CCc2ccccc21. The monoisotopic (exact) mass is 391 g/mol. The molecule has 27 heavy (non-hydrogen) atoms. The number of carbonyl (C=O) groups is 2. The minimum atomic E-state index is 0. The van der Waals surface area contributed by atoms with Crippen molar-refractivity contribution in [1.82, 2.24) is 10.6 Å². The highest BCUT2D eigenvalue weighted by Crippen LogP contribution is 2.32. The van der Waals surface area contributed by atoms with Gasteiger partial charge in [-0.2, -0.15) is 0 Å². The Morgan fingerprint density at radius 1 is 1.15 bits per heavy atom. The van der Waals surface area contributed by atoms with Crippen LogP contribution < -0.4 is 15.5 Å². The molecule has 4 rings (SSSR count). The van der Waals surface area contributed by atoms with Crippen molar-refractivity contribution in [3.05, 3.63) is 29.8 Å². The highest BCUT2D eigenvalue weighted by Gasteiger charge is 2.34. The summed E-state index contributed by atoms with van der Waals surface area (Å²) in [5, 5.41) is 6.63. The number of nitrogens with zero attached hydrogens (tertiary/aromatic N) is 1. The number of halogens is 1. The summed E-state index contributed by atoms with van der Waals surface area (Å²) < 4.78 is 0. The van der Waals surface area contributed by atoms with Gasteiger partial charge in [0.15, 0.2) is 0 Å². The molecule has 0 radical (unpaired) electrons. The summed E-state index contributed by atoms with van der Waals surface area (Å²) in [4.78, 5) is 26.5. The third-order valence-corrected chi connectivity index (χ3v) is 6.12. The van der Waals surface area contributed by atoms with Crippen LogP contribution in [0.4, 0.5) is 5.69 Å². The van der Waals surface area contributed by atoms with Crippen molar-refractivity contribution in [2.24, 2.45) is 5.92 Å². The fourth-order valence-electron chi connectivity index (χ4n) is 4.88. The Hall–Kier alpha value is -1.59. The molecule has 0 aromatic heterocycles. The number of rotatable bonds is 6. The number of hydrogen-bond donors (Lipinski definition) is 2. The Kier molecular flexibility index (Phi) is 6.77. The van der Waals surface area contributed by atoms with Crippen LogP contribution in [0.25, 0.3) is 0 Å². The number of piperidine rings is 1. The van der Waals surface area contributed by atoms with Crippen LogP contribution in [-0.4, -0.2) is 37.0 Å². The van der Waals surface area contributed by atoms with Crippen LogP contribution in [0.5, 0.6) is 0 Å². The summed E-state index contributed by atoms with van der Waals surface area (Å²) in [6.45, 7) is 1.38. The summed E-state index contributed by atoms with van der Waals surface area (Å²) in [6, 6.07) is 9.39. The maximum Gasteiger partial charge on any atom is 0.227 e. The third-order valence-electron chi connectivity index (χ3n) is 6.12. The van der Waals surface area contributed by atoms with E-state index in [4.69, 9.17) is 0 Å². The van der Waals surface area contributed by atoms with Gasteiger partial charge in [0.1, 0.15) is 0 Å². The van der Waals surface area contributed by atoms with E-state index in [9.17, 15) is 9.59 Å². The van der Waals surface area contributed by atoms with Gasteiger partial charge in [-0.15, -0.1) is 12.4 Å². The molecular formula is C21H30ClN3O2. The average molecular weight is 392 g/mol. The van der Waals surface area contributed by atoms with Crippen molar-refractivity contribution in [1.29, 1.82) is 0 Å². The Bertz CT molecular complexity index is 669. The first kappa shape index (κ1) is 20.2. The number of anilines is 1. The lowest BCUT2D eigenvalue weighted by Crippen LogP contribution is -2.39. The van der Waals surface area contributed by atoms with E-state index in [1.165, 1.54) is 18.4 Å². The summed E-state index contributed by atoms with van der Waals surface area (Å²) in [5.74, 6) is 0.839. The van der Waals surface area contributed by atoms with Gasteiger partial charge in [0.05, 0.1) is 0 Å². The quantitative estimate of drug-likeness (QED) is 0.733. The zero-order chi connectivity index (χ0) is 17.9. The number of fused-ring (bicyclic) bond motifs is 3. The minimum Gasteiger partial charge on any atom is -0.356 e. The number of benzene rings is 1. The topological polar surface area (TPSA) is 61.4 Å². The fraction of sp³-hybridized carbons (Fsp3) is 0.619. The summed E-state index contributed by atoms with van der Waals surface area (Å²) in [5.41, 5.74) is 2.31. The summed E-state index contributed by atoms with van der Waals surface area (Å²) in [7, 11) is 0. The molecule has 2 fully saturated rings. The van der Waals surface area contributed by atoms with E-state index in [1.54, 1.807) is 0 Å². The second kappa shape index (κ2) is 9.07. The Morgan fingerprint density at radius 2 is 1.89 bits per heavy atom. The fourth-order valence-corrected chi connectivity index (χ4v) is 4.88. The zero-order valence-corrected chi connectivity index (χ0v) is 16.6. The molecule has 0 saturated carbocycles. The molecule has 3 aliphatic rings. The van der Waals surface area contributed by atoms with E-state index >= 15 is 0 Å². The second-order valence-corrected chi connectivity index (χ2v) is 8.06. The lowest BCUT2D eigenvalue weighted by atomic mass is 9.89. The molecule has 148 valence electrons. The predicted molar refractivity (Wildman–Crippen MR) is 109 cm³/mol. The molecule has 0 spiro atoms. The van der Waals surface area contributed by atoms with Crippen molar-refractivity contribution in [2.75, 3.05) is 18.0 Å². The van der Waals surface area contributed by atoms with Crippen LogP contribution >= 0.6 is 12.4 Å². The molecule has 2 amide bonds. The van der Waals surface area contributed by atoms with Crippen molar-refractivity contribution < 1.29 is 9.59 Å². The van der Waals surface area contributed by atoms with Gasteiger partial charge in [0.25, 0.3) is 0 Å². The van der Waals surface area contributed by atoms with Gasteiger partial charge in [0.2, 0.25) is 11.8 Å². The van der Waals surface area contributed by atoms with Gasteiger partial charge in [-0.25, -0.2) is 0 Å². The van der Waals surface area contributed by atoms with E-state index in [0.717, 1.165) is 31.5 Å². The van der Waals surface area contributed by atoms with E-state index in [-0.39, 0.29) is 24.2 Å². The van der Waals surface area contributed by atoms with Gasteiger partial charge in [-0.05, 0) is 56.1 Å². The molecule has 2 saturated heterocycles. The second-order valence-electron chi connectivity index (χ2n) is 8.06. The van der Waals surface area contributed by atoms with Gasteiger partial charge < -0.3 is 15.5 Å².